The Morgan fingerprint density at radius 3 is 1.77 bits per heavy atom. The number of hydrogen-bond donors (Lipinski definition) is 1. The lowest BCUT2D eigenvalue weighted by molar-refractivity contribution is 0.260. The minimum Gasteiger partial charge on any atom is -0.487 e. The van der Waals surface area contributed by atoms with E-state index in [0.29, 0.717) is 53.5 Å². The van der Waals surface area contributed by atoms with E-state index in [1.54, 1.807) is 6.07 Å². The molecule has 1 N–H and O–H groups in total. The van der Waals surface area contributed by atoms with Gasteiger partial charge < -0.3 is 9.47 Å². The van der Waals surface area contributed by atoms with Crippen molar-refractivity contribution in [1.29, 1.82) is 0 Å². The van der Waals surface area contributed by atoms with Crippen molar-refractivity contribution in [2.24, 2.45) is 0 Å². The predicted octanol–water partition coefficient (Wildman–Crippen LogP) is 12.7. The second-order valence-electron chi connectivity index (χ2n) is 18.8. The van der Waals surface area contributed by atoms with E-state index in [4.69, 9.17) is 9.47 Å². The fraction of sp³-hybridized carbons (Fsp3) is 0.321. The standard InChI is InChI=1S/C56H59F4NO6S2/c1-10-11-14-27-66-55-51(57)53(59)56(54(60)52(55)58)69(64,65)61-68(62,63)49-22-13-12-17-44(49)50-42-25-23-36(28-45-38(32(2)3)18-15-19-39(45)33(4)5)30-47(42)67-48-31-37(24-26-43(48)50)29-46-40(34(6)7)20-16-21-41(46)35(8)9/h12-13,15-26,28,30-35,61H,10-11,14,27,29H2,1-9H3/b36-28+. The van der Waals surface area contributed by atoms with Crippen LogP contribution < -0.4 is 24.0 Å². The van der Waals surface area contributed by atoms with Crippen LogP contribution >= 0.6 is 0 Å². The topological polar surface area (TPSA) is 98.8 Å². The molecule has 0 amide bonds. The number of benzene rings is 6. The van der Waals surface area contributed by atoms with E-state index in [9.17, 15) is 16.8 Å². The molecule has 1 heterocycles. The van der Waals surface area contributed by atoms with Crippen LogP contribution in [0.2, 0.25) is 0 Å². The van der Waals surface area contributed by atoms with Gasteiger partial charge in [0.1, 0.15) is 11.5 Å². The van der Waals surface area contributed by atoms with Crippen LogP contribution in [0.4, 0.5) is 17.6 Å². The smallest absolute Gasteiger partial charge is 0.259 e. The van der Waals surface area contributed by atoms with Gasteiger partial charge in [0, 0.05) is 21.9 Å². The van der Waals surface area contributed by atoms with Crippen LogP contribution in [0.15, 0.2) is 107 Å². The van der Waals surface area contributed by atoms with Crippen molar-refractivity contribution in [3.8, 4) is 17.2 Å². The molecule has 1 aliphatic heterocycles. The highest BCUT2D eigenvalue weighted by molar-refractivity contribution is 8.04. The van der Waals surface area contributed by atoms with Gasteiger partial charge >= 0.3 is 0 Å². The minimum atomic E-state index is -5.86. The molecule has 364 valence electrons. The van der Waals surface area contributed by atoms with Crippen molar-refractivity contribution in [3.05, 3.63) is 181 Å². The molecule has 0 atom stereocenters. The highest BCUT2D eigenvalue weighted by Crippen LogP contribution is 2.41. The fourth-order valence-corrected chi connectivity index (χ4v) is 12.3. The van der Waals surface area contributed by atoms with Crippen molar-refractivity contribution in [2.45, 2.75) is 121 Å². The number of ether oxygens (including phenoxy) is 2. The second kappa shape index (κ2) is 20.7. The Morgan fingerprint density at radius 1 is 0.609 bits per heavy atom. The van der Waals surface area contributed by atoms with E-state index in [2.05, 4.69) is 97.9 Å². The Balaban J connectivity index is 1.41. The van der Waals surface area contributed by atoms with Gasteiger partial charge in [-0.25, -0.2) is 25.6 Å². The van der Waals surface area contributed by atoms with E-state index < -0.39 is 58.9 Å². The maximum absolute atomic E-state index is 15.5. The number of hydrogen-bond acceptors (Lipinski definition) is 6. The molecule has 0 aromatic heterocycles. The molecular formula is C56H59F4NO6S2. The Kier molecular flexibility index (Phi) is 15.3. The third kappa shape index (κ3) is 10.4. The Morgan fingerprint density at radius 2 is 1.19 bits per heavy atom. The van der Waals surface area contributed by atoms with E-state index in [-0.39, 0.29) is 35.8 Å². The van der Waals surface area contributed by atoms with Gasteiger partial charge in [-0.2, -0.15) is 8.78 Å². The fourth-order valence-electron chi connectivity index (χ4n) is 9.12. The van der Waals surface area contributed by atoms with Crippen LogP contribution in [0.3, 0.4) is 0 Å². The Hall–Kier alpha value is -5.76. The average molecular weight is 982 g/mol. The molecule has 7 rings (SSSR count). The first kappa shape index (κ1) is 51.1. The SMILES string of the molecule is CCCCCOc1c(F)c(F)c(S(=O)(=O)NS(=O)(=O)c2ccccc2C2=c3cc/c(=C\c4c(C(C)C)cccc4C(C)C)cc3Oc3cc(Cc4c(C(C)C)cccc4C(C)C)ccc32)c(F)c1F. The first-order valence-corrected chi connectivity index (χ1v) is 26.4. The summed E-state index contributed by atoms with van der Waals surface area (Å²) in [5.74, 6) is -8.61. The molecule has 13 heteroatoms. The van der Waals surface area contributed by atoms with Crippen molar-refractivity contribution in [1.82, 2.24) is 4.13 Å². The summed E-state index contributed by atoms with van der Waals surface area (Å²) in [6.07, 6.45) is 4.29. The monoisotopic (exact) mass is 981 g/mol. The zero-order valence-electron chi connectivity index (χ0n) is 40.4. The molecule has 69 heavy (non-hydrogen) atoms. The highest BCUT2D eigenvalue weighted by Gasteiger charge is 2.38. The molecule has 0 saturated heterocycles. The summed E-state index contributed by atoms with van der Waals surface area (Å²) in [5, 5.41) is 1.28. The number of rotatable bonds is 17. The average Bonchev–Trinajstić information content (AvgIpc) is 3.29. The molecule has 7 nitrogen and oxygen atoms in total. The maximum atomic E-state index is 15.5. The van der Waals surface area contributed by atoms with E-state index >= 15 is 17.6 Å². The lowest BCUT2D eigenvalue weighted by Gasteiger charge is -2.24. The summed E-state index contributed by atoms with van der Waals surface area (Å²) in [6, 6.07) is 29.5. The molecule has 0 radical (unpaired) electrons. The molecule has 6 aromatic carbocycles. The third-order valence-corrected chi connectivity index (χ3v) is 16.1. The van der Waals surface area contributed by atoms with Gasteiger partial charge in [-0.15, -0.1) is 4.13 Å². The molecule has 1 aliphatic rings. The van der Waals surface area contributed by atoms with Crippen LogP contribution in [-0.2, 0) is 26.5 Å². The van der Waals surface area contributed by atoms with Gasteiger partial charge in [-0.05, 0) is 111 Å². The second-order valence-corrected chi connectivity index (χ2v) is 22.4. The van der Waals surface area contributed by atoms with E-state index in [1.165, 1.54) is 44.1 Å². The van der Waals surface area contributed by atoms with Gasteiger partial charge in [-0.1, -0.05) is 148 Å². The lowest BCUT2D eigenvalue weighted by Crippen LogP contribution is -2.33. The quantitative estimate of drug-likeness (QED) is 0.0554. The van der Waals surface area contributed by atoms with Gasteiger partial charge in [-0.3, -0.25) is 0 Å². The highest BCUT2D eigenvalue weighted by atomic mass is 32.3. The summed E-state index contributed by atoms with van der Waals surface area (Å²) in [6.45, 7) is 18.8. The number of nitrogens with one attached hydrogen (secondary N) is 1. The number of halogens is 4. The Bertz CT molecular complexity index is 3210. The molecular weight excluding hydrogens is 923 g/mol. The van der Waals surface area contributed by atoms with Crippen LogP contribution in [-0.4, -0.2) is 23.4 Å². The number of sulfonamides is 2. The van der Waals surface area contributed by atoms with Crippen molar-refractivity contribution in [3.63, 3.8) is 0 Å². The largest absolute Gasteiger partial charge is 0.487 e. The maximum Gasteiger partial charge on any atom is 0.259 e. The molecule has 6 aromatic rings. The first-order valence-electron chi connectivity index (χ1n) is 23.4. The van der Waals surface area contributed by atoms with Crippen LogP contribution in [0, 0.1) is 23.3 Å². The molecule has 0 aliphatic carbocycles. The van der Waals surface area contributed by atoms with Crippen molar-refractivity contribution < 1.29 is 43.9 Å². The van der Waals surface area contributed by atoms with Crippen LogP contribution in [0.25, 0.3) is 11.6 Å². The van der Waals surface area contributed by atoms with Gasteiger partial charge in [0.2, 0.25) is 11.6 Å². The van der Waals surface area contributed by atoms with Crippen LogP contribution in [0.5, 0.6) is 17.2 Å². The van der Waals surface area contributed by atoms with E-state index in [1.807, 2.05) is 43.3 Å². The first-order chi connectivity index (χ1) is 32.7. The summed E-state index contributed by atoms with van der Waals surface area (Å²) >= 11 is 0. The molecule has 0 spiro atoms. The van der Waals surface area contributed by atoms with Gasteiger partial charge in [0.25, 0.3) is 20.0 Å². The summed E-state index contributed by atoms with van der Waals surface area (Å²) < 4.78 is 131. The number of fused-ring (bicyclic) bond motifs is 2. The molecule has 0 saturated carbocycles. The van der Waals surface area contributed by atoms with Crippen LogP contribution in [0.1, 0.15) is 155 Å². The normalized spacial score (nSPS) is 13.1. The van der Waals surface area contributed by atoms with Gasteiger partial charge in [0.05, 0.1) is 11.5 Å². The van der Waals surface area contributed by atoms with Gasteiger partial charge in [0.15, 0.2) is 22.3 Å². The van der Waals surface area contributed by atoms with Crippen molar-refractivity contribution in [2.75, 3.05) is 6.61 Å². The number of unbranched alkanes of at least 4 members (excludes halogenated alkanes) is 2. The Labute approximate surface area is 404 Å². The van der Waals surface area contributed by atoms with Crippen molar-refractivity contribution >= 4 is 31.7 Å². The zero-order valence-corrected chi connectivity index (χ0v) is 42.1. The molecule has 0 bridgehead atoms. The summed E-state index contributed by atoms with van der Waals surface area (Å²) in [7, 11) is -11.2. The van der Waals surface area contributed by atoms with E-state index in [0.717, 1.165) is 22.4 Å². The third-order valence-electron chi connectivity index (χ3n) is 12.5. The zero-order chi connectivity index (χ0) is 50.1. The summed E-state index contributed by atoms with van der Waals surface area (Å²) in [4.78, 5) is -2.75. The summed E-state index contributed by atoms with van der Waals surface area (Å²) in [5.41, 5.74) is 8.86. The predicted molar refractivity (Wildman–Crippen MR) is 265 cm³/mol. The lowest BCUT2D eigenvalue weighted by atomic mass is 9.85. The molecule has 0 unspecified atom stereocenters. The molecule has 0 fully saturated rings. The minimum absolute atomic E-state index is 0.0177.